The highest BCUT2D eigenvalue weighted by Gasteiger charge is 2.29. The van der Waals surface area contributed by atoms with E-state index in [2.05, 4.69) is 21.7 Å². The summed E-state index contributed by atoms with van der Waals surface area (Å²) in [6.45, 7) is -0.0581. The standard InChI is InChI=1S/C18H25FN4O6S.C2HF3O2/c19-11-1-3-12(4-2-11)21-7-8-30-10-14(17(27)22-9-16(25)26)23-15(24)6-5-13(20)18(28)29;3-2(4,5)1(6)7/h1-4,13-14,21H,5-10,20H2,(H,22,27)(H,23,24)(H,25,26)(H,28,29);(H,6,7)/t13-,14-;/m0./s1. The molecule has 1 rings (SSSR count). The Bertz CT molecular complexity index is 919. The molecule has 0 aliphatic carbocycles. The van der Waals surface area contributed by atoms with Gasteiger partial charge in [-0.25, -0.2) is 9.18 Å². The molecule has 2 amide bonds. The van der Waals surface area contributed by atoms with Crippen molar-refractivity contribution in [1.82, 2.24) is 10.6 Å². The first-order valence-corrected chi connectivity index (χ1v) is 11.5. The molecule has 0 aromatic heterocycles. The zero-order valence-electron chi connectivity index (χ0n) is 19.2. The second kappa shape index (κ2) is 17.0. The highest BCUT2D eigenvalue weighted by molar-refractivity contribution is 7.99. The molecule has 0 radical (unpaired) electrons. The maximum Gasteiger partial charge on any atom is 0.430 e. The Labute approximate surface area is 212 Å². The number of nitrogens with one attached hydrogen (secondary N) is 3. The summed E-state index contributed by atoms with van der Waals surface area (Å²) in [6, 6.07) is 3.93. The van der Waals surface area contributed by atoms with Crippen molar-refractivity contribution in [3.05, 3.63) is 30.1 Å². The second-order valence-corrected chi connectivity index (χ2v) is 8.25. The molecule has 0 heterocycles. The zero-order valence-corrected chi connectivity index (χ0v) is 20.0. The minimum absolute atomic E-state index is 0.0133. The SMILES string of the molecule is O=C([O-])C(F)(F)F.[NH3+][C@@H](CCC(=O)N[C@@H](CSCCNc1ccc(F)cc1)C(=O)NCC(=O)O)C(=O)O. The van der Waals surface area contributed by atoms with Crippen LogP contribution >= 0.6 is 11.8 Å². The lowest BCUT2D eigenvalue weighted by atomic mass is 10.1. The van der Waals surface area contributed by atoms with Crippen molar-refractivity contribution in [1.29, 1.82) is 0 Å². The van der Waals surface area contributed by atoms with Gasteiger partial charge in [-0.3, -0.25) is 14.4 Å². The molecule has 0 aliphatic heterocycles. The first-order chi connectivity index (χ1) is 17.1. The number of carboxylic acids is 3. The van der Waals surface area contributed by atoms with Gasteiger partial charge in [0.25, 0.3) is 0 Å². The first-order valence-electron chi connectivity index (χ1n) is 10.3. The van der Waals surface area contributed by atoms with Crippen LogP contribution in [-0.2, 0) is 24.0 Å². The van der Waals surface area contributed by atoms with Crippen LogP contribution in [0.5, 0.6) is 0 Å². The van der Waals surface area contributed by atoms with E-state index in [-0.39, 0.29) is 24.4 Å². The van der Waals surface area contributed by atoms with E-state index in [1.54, 1.807) is 12.1 Å². The van der Waals surface area contributed by atoms with E-state index in [1.165, 1.54) is 23.9 Å². The highest BCUT2D eigenvalue weighted by atomic mass is 32.2. The van der Waals surface area contributed by atoms with Gasteiger partial charge >= 0.3 is 18.1 Å². The molecule has 208 valence electrons. The average Bonchev–Trinajstić information content (AvgIpc) is 2.80. The second-order valence-electron chi connectivity index (χ2n) is 7.10. The maximum atomic E-state index is 12.9. The number of hydrogen-bond donors (Lipinski definition) is 6. The fraction of sp³-hybridized carbons (Fsp3) is 0.450. The van der Waals surface area contributed by atoms with Gasteiger partial charge in [0.15, 0.2) is 6.04 Å². The quantitative estimate of drug-likeness (QED) is 0.114. The van der Waals surface area contributed by atoms with Gasteiger partial charge in [-0.1, -0.05) is 0 Å². The molecule has 0 fully saturated rings. The number of benzene rings is 1. The van der Waals surface area contributed by atoms with Gasteiger partial charge in [0, 0.05) is 36.6 Å². The molecule has 2 atom stereocenters. The van der Waals surface area contributed by atoms with Crippen molar-refractivity contribution in [2.24, 2.45) is 0 Å². The van der Waals surface area contributed by atoms with Crippen molar-refractivity contribution in [3.63, 3.8) is 0 Å². The molecule has 12 nitrogen and oxygen atoms in total. The number of amides is 2. The number of quaternary nitrogens is 1. The van der Waals surface area contributed by atoms with Crippen LogP contribution < -0.4 is 26.8 Å². The number of thioether (sulfide) groups is 1. The smallest absolute Gasteiger partial charge is 0.430 e. The number of hydrogen-bond acceptors (Lipinski definition) is 8. The Morgan fingerprint density at radius 2 is 1.65 bits per heavy atom. The van der Waals surface area contributed by atoms with E-state index in [0.29, 0.717) is 12.3 Å². The molecule has 37 heavy (non-hydrogen) atoms. The molecule has 1 aromatic carbocycles. The molecule has 0 bridgehead atoms. The molecule has 0 spiro atoms. The third kappa shape index (κ3) is 16.7. The van der Waals surface area contributed by atoms with Crippen molar-refractivity contribution in [2.75, 3.05) is 29.9 Å². The van der Waals surface area contributed by atoms with Crippen LogP contribution in [0, 0.1) is 5.82 Å². The molecule has 0 unspecified atom stereocenters. The van der Waals surface area contributed by atoms with Gasteiger partial charge in [-0.05, 0) is 24.3 Å². The fourth-order valence-electron chi connectivity index (χ4n) is 2.20. The van der Waals surface area contributed by atoms with Crippen LogP contribution in [0.2, 0.25) is 0 Å². The Morgan fingerprint density at radius 3 is 2.14 bits per heavy atom. The summed E-state index contributed by atoms with van der Waals surface area (Å²) in [6.07, 6.45) is -5.31. The Balaban J connectivity index is 0.00000161. The molecule has 8 N–H and O–H groups in total. The van der Waals surface area contributed by atoms with E-state index >= 15 is 0 Å². The number of carbonyl (C=O) groups is 5. The van der Waals surface area contributed by atoms with E-state index < -0.39 is 54.5 Å². The summed E-state index contributed by atoms with van der Waals surface area (Å²) in [5.74, 6) is -6.10. The molecular formula is C20H26F4N4O8S. The molecule has 0 saturated heterocycles. The van der Waals surface area contributed by atoms with Crippen LogP contribution in [0.4, 0.5) is 23.2 Å². The van der Waals surface area contributed by atoms with Crippen LogP contribution in [0.1, 0.15) is 12.8 Å². The predicted molar refractivity (Wildman–Crippen MR) is 119 cm³/mol. The van der Waals surface area contributed by atoms with Gasteiger partial charge in [-0.15, -0.1) is 0 Å². The summed E-state index contributed by atoms with van der Waals surface area (Å²) in [5, 5.41) is 34.1. The normalized spacial score (nSPS) is 12.2. The molecule has 0 aliphatic rings. The fourth-order valence-corrected chi connectivity index (χ4v) is 3.08. The van der Waals surface area contributed by atoms with Crippen LogP contribution in [-0.4, -0.2) is 82.8 Å². The number of anilines is 1. The number of aliphatic carboxylic acids is 3. The summed E-state index contributed by atoms with van der Waals surface area (Å²) in [7, 11) is 0. The number of rotatable bonds is 14. The molecule has 0 saturated carbocycles. The largest absolute Gasteiger partial charge is 0.542 e. The lowest BCUT2D eigenvalue weighted by Gasteiger charge is -2.18. The summed E-state index contributed by atoms with van der Waals surface area (Å²) in [4.78, 5) is 54.4. The minimum Gasteiger partial charge on any atom is -0.542 e. The van der Waals surface area contributed by atoms with Crippen molar-refractivity contribution in [2.45, 2.75) is 31.1 Å². The summed E-state index contributed by atoms with van der Waals surface area (Å²) in [5.41, 5.74) is 4.15. The molecular weight excluding hydrogens is 532 g/mol. The third-order valence-corrected chi connectivity index (χ3v) is 5.13. The van der Waals surface area contributed by atoms with E-state index in [1.807, 2.05) is 0 Å². The number of halogens is 4. The van der Waals surface area contributed by atoms with Crippen molar-refractivity contribution < 1.29 is 62.6 Å². The van der Waals surface area contributed by atoms with Crippen LogP contribution in [0.15, 0.2) is 24.3 Å². The third-order valence-electron chi connectivity index (χ3n) is 4.07. The zero-order chi connectivity index (χ0) is 28.6. The Hall–Kier alpha value is -3.60. The van der Waals surface area contributed by atoms with Crippen LogP contribution in [0.3, 0.4) is 0 Å². The van der Waals surface area contributed by atoms with Gasteiger partial charge in [-0.2, -0.15) is 24.9 Å². The Kier molecular flexibility index (Phi) is 15.3. The maximum absolute atomic E-state index is 12.9. The molecule has 17 heteroatoms. The topological polar surface area (TPSA) is 213 Å². The van der Waals surface area contributed by atoms with E-state index in [0.717, 1.165) is 5.69 Å². The van der Waals surface area contributed by atoms with Crippen molar-refractivity contribution >= 4 is 47.2 Å². The van der Waals surface area contributed by atoms with Gasteiger partial charge in [0.1, 0.15) is 24.4 Å². The minimum atomic E-state index is -5.19. The van der Waals surface area contributed by atoms with Crippen molar-refractivity contribution in [3.8, 4) is 0 Å². The summed E-state index contributed by atoms with van der Waals surface area (Å²) < 4.78 is 44.4. The predicted octanol–water partition coefficient (Wildman–Crippen LogP) is -1.57. The molecule has 1 aromatic rings. The summed E-state index contributed by atoms with van der Waals surface area (Å²) >= 11 is 1.35. The van der Waals surface area contributed by atoms with Gasteiger partial charge in [0.05, 0.1) is 0 Å². The van der Waals surface area contributed by atoms with Gasteiger partial charge in [0.2, 0.25) is 11.8 Å². The van der Waals surface area contributed by atoms with E-state index in [4.69, 9.17) is 20.1 Å². The highest BCUT2D eigenvalue weighted by Crippen LogP contribution is 2.11. The Morgan fingerprint density at radius 1 is 1.08 bits per heavy atom. The van der Waals surface area contributed by atoms with E-state index in [9.17, 15) is 36.7 Å². The monoisotopic (exact) mass is 558 g/mol. The first kappa shape index (κ1) is 33.4. The van der Waals surface area contributed by atoms with Gasteiger partial charge < -0.3 is 41.8 Å². The van der Waals surface area contributed by atoms with Crippen LogP contribution in [0.25, 0.3) is 0 Å². The number of carboxylic acid groups (broad SMARTS) is 3. The lowest BCUT2D eigenvalue weighted by Crippen LogP contribution is -2.65. The number of alkyl halides is 3. The number of carbonyl (C=O) groups excluding carboxylic acids is 3. The lowest BCUT2D eigenvalue weighted by molar-refractivity contribution is -0.408. The average molecular weight is 559 g/mol.